The minimum absolute atomic E-state index is 0. The van der Waals surface area contributed by atoms with E-state index in [0.29, 0.717) is 13.2 Å². The van der Waals surface area contributed by atoms with E-state index in [9.17, 15) is 0 Å². The molecular formula is C11H14As2Cl2Zr. The van der Waals surface area contributed by atoms with Gasteiger partial charge in [0.1, 0.15) is 0 Å². The average Bonchev–Trinajstić information content (AvgIpc) is 2.73. The first-order valence-corrected chi connectivity index (χ1v) is 19.8. The molecule has 2 aliphatic rings. The topological polar surface area (TPSA) is 0 Å². The van der Waals surface area contributed by atoms with Gasteiger partial charge in [-0.3, -0.25) is 0 Å². The summed E-state index contributed by atoms with van der Waals surface area (Å²) in [5.41, 5.74) is 1.71. The fraction of sp³-hybridized carbons (Fsp3) is 0.364. The molecule has 1 atom stereocenters. The van der Waals surface area contributed by atoms with Crippen LogP contribution < -0.4 is 24.8 Å². The van der Waals surface area contributed by atoms with E-state index in [0.717, 1.165) is 0 Å². The van der Waals surface area contributed by atoms with Crippen molar-refractivity contribution in [3.63, 3.8) is 0 Å². The third kappa shape index (κ3) is 4.10. The van der Waals surface area contributed by atoms with Gasteiger partial charge in [0.25, 0.3) is 0 Å². The molecule has 0 aromatic rings. The number of rotatable bonds is 2. The van der Waals surface area contributed by atoms with Gasteiger partial charge in [0.2, 0.25) is 0 Å². The maximum Gasteiger partial charge on any atom is -1.00 e. The first-order chi connectivity index (χ1) is 6.68. The second-order valence-corrected chi connectivity index (χ2v) is 35.8. The van der Waals surface area contributed by atoms with Crippen LogP contribution in [0.1, 0.15) is 27.2 Å². The molecule has 0 N–H and O–H groups in total. The second kappa shape index (κ2) is 7.96. The first-order valence-electron chi connectivity index (χ1n) is 4.84. The van der Waals surface area contributed by atoms with Gasteiger partial charge < -0.3 is 24.8 Å². The Labute approximate surface area is 129 Å². The first kappa shape index (κ1) is 17.7. The van der Waals surface area contributed by atoms with Crippen molar-refractivity contribution in [1.29, 1.82) is 0 Å². The molecule has 1 unspecified atom stereocenters. The molecule has 0 fully saturated rings. The number of hydrogen-bond donors (Lipinski definition) is 0. The van der Waals surface area contributed by atoms with Crippen LogP contribution in [0.25, 0.3) is 0 Å². The summed E-state index contributed by atoms with van der Waals surface area (Å²) in [6.07, 6.45) is 8.32. The summed E-state index contributed by atoms with van der Waals surface area (Å²) in [5, 5.41) is 0. The predicted octanol–water partition coefficient (Wildman–Crippen LogP) is -3.81. The molecule has 0 aromatic carbocycles. The van der Waals surface area contributed by atoms with Crippen LogP contribution in [0.3, 0.4) is 0 Å². The molecule has 1 aliphatic heterocycles. The van der Waals surface area contributed by atoms with Crippen LogP contribution in [0.2, 0.25) is 0 Å². The largest absolute Gasteiger partial charge is 1.00 e. The van der Waals surface area contributed by atoms with Crippen molar-refractivity contribution in [2.45, 2.75) is 27.2 Å². The minimum Gasteiger partial charge on any atom is -1.00 e. The molecule has 86 valence electrons. The van der Waals surface area contributed by atoms with E-state index >= 15 is 0 Å². The van der Waals surface area contributed by atoms with Crippen LogP contribution in [-0.2, 0) is 20.6 Å². The second-order valence-electron chi connectivity index (χ2n) is 3.64. The zero-order valence-corrected chi connectivity index (χ0v) is 17.3. The van der Waals surface area contributed by atoms with Crippen LogP contribution in [-0.4, -0.2) is 26.3 Å². The minimum atomic E-state index is -0.416. The van der Waals surface area contributed by atoms with E-state index in [1.54, 1.807) is 9.88 Å². The molecule has 1 heterocycles. The van der Waals surface area contributed by atoms with Gasteiger partial charge in [-0.1, -0.05) is 0 Å². The van der Waals surface area contributed by atoms with Crippen LogP contribution in [0.4, 0.5) is 0 Å². The number of allylic oxidation sites excluding steroid dienone is 6. The summed E-state index contributed by atoms with van der Waals surface area (Å²) in [6.45, 7) is 7.18. The molecule has 16 heavy (non-hydrogen) atoms. The van der Waals surface area contributed by atoms with Gasteiger partial charge in [0.05, 0.1) is 0 Å². The third-order valence-electron chi connectivity index (χ3n) is 2.67. The van der Waals surface area contributed by atoms with Crippen molar-refractivity contribution in [3.05, 3.63) is 31.4 Å². The van der Waals surface area contributed by atoms with Crippen molar-refractivity contribution >= 4 is 26.3 Å². The summed E-state index contributed by atoms with van der Waals surface area (Å²) < 4.78 is 5.55. The van der Waals surface area contributed by atoms with E-state index in [1.165, 1.54) is 6.42 Å². The fourth-order valence-electron chi connectivity index (χ4n) is 1.50. The van der Waals surface area contributed by atoms with Crippen LogP contribution >= 0.6 is 0 Å². The van der Waals surface area contributed by atoms with Crippen molar-refractivity contribution in [1.82, 2.24) is 0 Å². The monoisotopic (exact) mass is 456 g/mol. The van der Waals surface area contributed by atoms with Crippen LogP contribution in [0, 0.1) is 0 Å². The summed E-state index contributed by atoms with van der Waals surface area (Å²) in [4.78, 5) is 0. The smallest absolute Gasteiger partial charge is 1.00 e. The molecule has 1 aliphatic carbocycles. The van der Waals surface area contributed by atoms with Gasteiger partial charge in [0.15, 0.2) is 0 Å². The third-order valence-corrected chi connectivity index (χ3v) is 40.9. The van der Waals surface area contributed by atoms with E-state index in [-0.39, 0.29) is 45.4 Å². The Morgan fingerprint density at radius 2 is 1.94 bits per heavy atom. The normalized spacial score (nSPS) is 23.1. The van der Waals surface area contributed by atoms with Crippen LogP contribution in [0.15, 0.2) is 31.4 Å². The molecule has 2 rings (SSSR count). The van der Waals surface area contributed by atoms with Crippen molar-refractivity contribution < 1.29 is 45.4 Å². The molecule has 0 amide bonds. The Morgan fingerprint density at radius 3 is 2.38 bits per heavy atom. The summed E-state index contributed by atoms with van der Waals surface area (Å²) in [5.74, 6) is 0. The molecule has 0 radical (unpaired) electrons. The van der Waals surface area contributed by atoms with Gasteiger partial charge in [-0.2, -0.15) is 0 Å². The number of hydrogen-bond acceptors (Lipinski definition) is 0. The van der Waals surface area contributed by atoms with Crippen molar-refractivity contribution in [2.24, 2.45) is 0 Å². The average molecular weight is 458 g/mol. The maximum atomic E-state index is 2.44. The van der Waals surface area contributed by atoms with E-state index < -0.39 is 8.75 Å². The molecule has 0 saturated heterocycles. The van der Waals surface area contributed by atoms with Crippen molar-refractivity contribution in [3.8, 4) is 0 Å². The van der Waals surface area contributed by atoms with Gasteiger partial charge in [0, 0.05) is 0 Å². The van der Waals surface area contributed by atoms with Gasteiger partial charge in [-0.15, -0.1) is 0 Å². The van der Waals surface area contributed by atoms with Gasteiger partial charge in [-0.05, 0) is 0 Å². The fourth-order valence-corrected chi connectivity index (χ4v) is 46.6. The Bertz CT molecular complexity index is 383. The van der Waals surface area contributed by atoms with Crippen molar-refractivity contribution in [2.75, 3.05) is 0 Å². The molecule has 0 spiro atoms. The molecule has 5 heteroatoms. The Morgan fingerprint density at radius 1 is 1.25 bits per heavy atom. The standard InChI is InChI=1S/C6H9As2.C5H5.2ClH.Zr/c1-4-5(2)7-8-6(4)3;1-2-4-5-3-1;;;/h1-3H3;1-3H,4H2;2*1H;/q-1;;;;+3/p-2. The Hall–Kier alpha value is 1.67. The Balaban J connectivity index is 0.00000112. The van der Waals surface area contributed by atoms with Gasteiger partial charge in [-0.25, -0.2) is 0 Å². The predicted molar refractivity (Wildman–Crippen MR) is 62.4 cm³/mol. The summed E-state index contributed by atoms with van der Waals surface area (Å²) in [6, 6.07) is 0. The van der Waals surface area contributed by atoms with E-state index in [2.05, 4.69) is 39.0 Å². The van der Waals surface area contributed by atoms with E-state index in [1.807, 2.05) is 7.64 Å². The van der Waals surface area contributed by atoms with Gasteiger partial charge >= 0.3 is 106 Å². The number of halogens is 2. The SMILES string of the molecule is CC1=[As][As]([Zr+2][C]2=CC=CC2)C(C)=C1C.[Cl-].[Cl-]. The summed E-state index contributed by atoms with van der Waals surface area (Å²) in [7, 11) is -0.416. The molecule has 0 bridgehead atoms. The van der Waals surface area contributed by atoms with Crippen LogP contribution in [0.5, 0.6) is 0 Å². The zero-order chi connectivity index (χ0) is 10.1. The summed E-state index contributed by atoms with van der Waals surface area (Å²) >= 11 is 0.528. The molecule has 0 aromatic heterocycles. The quantitative estimate of drug-likeness (QED) is 0.373. The zero-order valence-electron chi connectivity index (χ0n) is 9.59. The maximum absolute atomic E-state index is 2.44. The molecular weight excluding hydrogens is 444 g/mol. The van der Waals surface area contributed by atoms with E-state index in [4.69, 9.17) is 0 Å². The molecule has 0 nitrogen and oxygen atoms in total. The Kier molecular flexibility index (Phi) is 8.80. The molecule has 0 saturated carbocycles.